The van der Waals surface area contributed by atoms with E-state index in [9.17, 15) is 0 Å². The van der Waals surface area contributed by atoms with E-state index in [1.54, 1.807) is 0 Å². The molecule has 0 amide bonds. The lowest BCUT2D eigenvalue weighted by molar-refractivity contribution is -0.0632. The van der Waals surface area contributed by atoms with E-state index in [2.05, 4.69) is 72.3 Å². The Balaban J connectivity index is 1.32. The van der Waals surface area contributed by atoms with E-state index >= 15 is 0 Å². The van der Waals surface area contributed by atoms with Crippen molar-refractivity contribution in [3.8, 4) is 0 Å². The number of nitrogens with zero attached hydrogens (tertiary/aromatic N) is 3. The van der Waals surface area contributed by atoms with E-state index in [1.807, 2.05) is 0 Å². The molecule has 0 aliphatic heterocycles. The molecule has 4 saturated carbocycles. The second kappa shape index (κ2) is 7.08. The van der Waals surface area contributed by atoms with Gasteiger partial charge in [0.15, 0.2) is 5.82 Å². The number of aromatic nitrogens is 2. The van der Waals surface area contributed by atoms with E-state index in [0.29, 0.717) is 11.5 Å². The van der Waals surface area contributed by atoms with Crippen LogP contribution in [0.3, 0.4) is 0 Å². The lowest BCUT2D eigenvalue weighted by atomic mass is 9.48. The lowest BCUT2D eigenvalue weighted by Crippen LogP contribution is -2.50. The van der Waals surface area contributed by atoms with Gasteiger partial charge in [0.05, 0.1) is 23.3 Å². The van der Waals surface area contributed by atoms with Crippen LogP contribution in [-0.4, -0.2) is 21.8 Å². The van der Waals surface area contributed by atoms with Crippen molar-refractivity contribution < 1.29 is 0 Å². The summed E-state index contributed by atoms with van der Waals surface area (Å²) < 4.78 is 2.32. The first-order chi connectivity index (χ1) is 14.7. The summed E-state index contributed by atoms with van der Waals surface area (Å²) in [5.74, 6) is 3.89. The minimum atomic E-state index is 0.385. The van der Waals surface area contributed by atoms with Crippen LogP contribution in [0.15, 0.2) is 59.6 Å². The Morgan fingerprint density at radius 1 is 0.967 bits per heavy atom. The molecule has 3 heteroatoms. The summed E-state index contributed by atoms with van der Waals surface area (Å²) in [6, 6.07) is 19.5. The Labute approximate surface area is 179 Å². The molecule has 1 atom stereocenters. The summed E-state index contributed by atoms with van der Waals surface area (Å²) in [7, 11) is 0. The molecular formula is C27H31N3. The Kier molecular flexibility index (Phi) is 4.33. The number of hydrogen-bond donors (Lipinski definition) is 0. The number of para-hydroxylation sites is 2. The highest BCUT2D eigenvalue weighted by Gasteiger charge is 2.53. The molecule has 1 heterocycles. The summed E-state index contributed by atoms with van der Waals surface area (Å²) in [5.41, 5.74) is 3.98. The van der Waals surface area contributed by atoms with E-state index < -0.39 is 0 Å². The minimum absolute atomic E-state index is 0.385. The van der Waals surface area contributed by atoms with Gasteiger partial charge in [-0.25, -0.2) is 4.98 Å². The van der Waals surface area contributed by atoms with Crippen LogP contribution in [0.1, 0.15) is 56.8 Å². The van der Waals surface area contributed by atoms with Crippen molar-refractivity contribution >= 4 is 17.2 Å². The number of rotatable bonds is 5. The highest BCUT2D eigenvalue weighted by atomic mass is 15.1. The summed E-state index contributed by atoms with van der Waals surface area (Å²) >= 11 is 0. The first-order valence-electron chi connectivity index (χ1n) is 11.7. The first kappa shape index (κ1) is 18.4. The Morgan fingerprint density at radius 3 is 2.30 bits per heavy atom. The maximum absolute atomic E-state index is 5.17. The van der Waals surface area contributed by atoms with Crippen molar-refractivity contribution in [1.82, 2.24) is 9.55 Å². The molecule has 4 bridgehead atoms. The molecule has 0 saturated heterocycles. The molecule has 4 aliphatic carbocycles. The van der Waals surface area contributed by atoms with Crippen molar-refractivity contribution in [1.29, 1.82) is 0 Å². The zero-order valence-electron chi connectivity index (χ0n) is 17.9. The minimum Gasteiger partial charge on any atom is -0.319 e. The van der Waals surface area contributed by atoms with Gasteiger partial charge in [-0.05, 0) is 86.3 Å². The van der Waals surface area contributed by atoms with Crippen LogP contribution in [-0.2, 0) is 6.54 Å². The van der Waals surface area contributed by atoms with Crippen LogP contribution in [0, 0.1) is 23.2 Å². The van der Waals surface area contributed by atoms with Gasteiger partial charge in [0.1, 0.15) is 0 Å². The molecule has 154 valence electrons. The summed E-state index contributed by atoms with van der Waals surface area (Å²) in [5, 5.41) is 0. The van der Waals surface area contributed by atoms with Crippen LogP contribution in [0.2, 0.25) is 0 Å². The molecule has 1 aromatic heterocycles. The van der Waals surface area contributed by atoms with Gasteiger partial charge < -0.3 is 4.57 Å². The van der Waals surface area contributed by atoms with Gasteiger partial charge >= 0.3 is 0 Å². The van der Waals surface area contributed by atoms with Crippen LogP contribution in [0.4, 0.5) is 0 Å². The molecule has 0 spiro atoms. The first-order valence-corrected chi connectivity index (χ1v) is 11.7. The van der Waals surface area contributed by atoms with Gasteiger partial charge in [-0.2, -0.15) is 0 Å². The third kappa shape index (κ3) is 3.10. The van der Waals surface area contributed by atoms with Gasteiger partial charge in [-0.3, -0.25) is 4.99 Å². The number of aliphatic imine (C=N–C) groups is 1. The fraction of sp³-hybridized carbons (Fsp3) is 0.481. The normalized spacial score (nSPS) is 31.0. The molecule has 7 rings (SSSR count). The molecule has 3 nitrogen and oxygen atoms in total. The van der Waals surface area contributed by atoms with E-state index in [-0.39, 0.29) is 0 Å². The van der Waals surface area contributed by atoms with E-state index in [0.717, 1.165) is 35.6 Å². The van der Waals surface area contributed by atoms with Crippen LogP contribution in [0.25, 0.3) is 11.0 Å². The maximum Gasteiger partial charge on any atom is 0.152 e. The molecular weight excluding hydrogens is 366 g/mol. The topological polar surface area (TPSA) is 30.2 Å². The monoisotopic (exact) mass is 397 g/mol. The van der Waals surface area contributed by atoms with Crippen LogP contribution in [0.5, 0.6) is 0 Å². The zero-order valence-corrected chi connectivity index (χ0v) is 17.9. The maximum atomic E-state index is 5.17. The molecule has 0 N–H and O–H groups in total. The quantitative estimate of drug-likeness (QED) is 0.478. The van der Waals surface area contributed by atoms with Crippen molar-refractivity contribution in [2.75, 3.05) is 0 Å². The zero-order chi connectivity index (χ0) is 20.1. The number of benzene rings is 2. The smallest absolute Gasteiger partial charge is 0.152 e. The van der Waals surface area contributed by atoms with Crippen molar-refractivity contribution in [3.05, 3.63) is 66.0 Å². The molecule has 30 heavy (non-hydrogen) atoms. The van der Waals surface area contributed by atoms with Crippen LogP contribution < -0.4 is 0 Å². The summed E-state index contributed by atoms with van der Waals surface area (Å²) in [6.07, 6.45) is 10.7. The van der Waals surface area contributed by atoms with Crippen molar-refractivity contribution in [3.63, 3.8) is 0 Å². The summed E-state index contributed by atoms with van der Waals surface area (Å²) in [6.45, 7) is 3.20. The van der Waals surface area contributed by atoms with Gasteiger partial charge in [-0.15, -0.1) is 0 Å². The molecule has 0 unspecified atom stereocenters. The van der Waals surface area contributed by atoms with Crippen molar-refractivity contribution in [2.45, 2.75) is 58.0 Å². The molecule has 0 radical (unpaired) electrons. The number of hydrogen-bond acceptors (Lipinski definition) is 2. The number of fused-ring (bicyclic) bond motifs is 1. The fourth-order valence-corrected chi connectivity index (χ4v) is 7.15. The highest BCUT2D eigenvalue weighted by Crippen LogP contribution is 2.61. The largest absolute Gasteiger partial charge is 0.319 e. The van der Waals surface area contributed by atoms with Gasteiger partial charge in [-0.1, -0.05) is 42.5 Å². The second-order valence-electron chi connectivity index (χ2n) is 10.3. The predicted octanol–water partition coefficient (Wildman–Crippen LogP) is 6.11. The Bertz CT molecular complexity index is 1040. The highest BCUT2D eigenvalue weighted by molar-refractivity contribution is 5.85. The Hall–Kier alpha value is -2.42. The summed E-state index contributed by atoms with van der Waals surface area (Å²) in [4.78, 5) is 10.1. The average Bonchev–Trinajstić information content (AvgIpc) is 3.09. The standard InChI is InChI=1S/C27H31N3/c1-19(27-14-21-11-22(15-27)13-23(12-21)16-27)28-17-26-29-24-9-5-6-10-25(24)30(26)18-20-7-3-2-4-8-20/h2-10,17,19,21-23H,11-16,18H2,1H3/t19-,21?,22?,23?,27?/m0/s1. The van der Waals surface area contributed by atoms with E-state index in [4.69, 9.17) is 9.98 Å². The number of imidazole rings is 1. The van der Waals surface area contributed by atoms with Gasteiger partial charge in [0.25, 0.3) is 0 Å². The van der Waals surface area contributed by atoms with Gasteiger partial charge in [0, 0.05) is 6.54 Å². The molecule has 4 aliphatic rings. The van der Waals surface area contributed by atoms with Gasteiger partial charge in [0.2, 0.25) is 0 Å². The SMILES string of the molecule is C[C@H](N=Cc1nc2ccccc2n1Cc1ccccc1)C12CC3CC(CC(C3)C1)C2. The lowest BCUT2D eigenvalue weighted by Gasteiger charge is -2.58. The molecule has 2 aromatic carbocycles. The predicted molar refractivity (Wildman–Crippen MR) is 123 cm³/mol. The molecule has 4 fully saturated rings. The Morgan fingerprint density at radius 2 is 1.60 bits per heavy atom. The van der Waals surface area contributed by atoms with Crippen LogP contribution >= 0.6 is 0 Å². The third-order valence-corrected chi connectivity index (χ3v) is 8.25. The fourth-order valence-electron chi connectivity index (χ4n) is 7.15. The molecule has 3 aromatic rings. The van der Waals surface area contributed by atoms with Crippen molar-refractivity contribution in [2.24, 2.45) is 28.2 Å². The third-order valence-electron chi connectivity index (χ3n) is 8.25. The second-order valence-corrected chi connectivity index (χ2v) is 10.3. The average molecular weight is 398 g/mol. The van der Waals surface area contributed by atoms with E-state index in [1.165, 1.54) is 49.6 Å².